The van der Waals surface area contributed by atoms with Crippen LogP contribution in [-0.2, 0) is 4.79 Å². The molecule has 5 heteroatoms. The summed E-state index contributed by atoms with van der Waals surface area (Å²) >= 11 is 0. The number of carbonyl (C=O) groups is 1. The minimum Gasteiger partial charge on any atom is -0.480 e. The van der Waals surface area contributed by atoms with Crippen LogP contribution in [0.1, 0.15) is 19.3 Å². The maximum absolute atomic E-state index is 10.9. The van der Waals surface area contributed by atoms with Gasteiger partial charge in [0.15, 0.2) is 0 Å². The predicted molar refractivity (Wildman–Crippen MR) is 60.8 cm³/mol. The molecule has 1 atom stereocenters. The monoisotopic (exact) mass is 218 g/mol. The summed E-state index contributed by atoms with van der Waals surface area (Å²) < 4.78 is 0. The Balaban J connectivity index is 3.97. The first-order valence-corrected chi connectivity index (χ1v) is 8.57. The zero-order valence-electron chi connectivity index (χ0n) is 9.34. The molecule has 0 heterocycles. The van der Waals surface area contributed by atoms with Crippen molar-refractivity contribution in [2.24, 2.45) is 5.73 Å². The molecule has 4 nitrogen and oxygen atoms in total. The van der Waals surface area contributed by atoms with Gasteiger partial charge in [0.1, 0.15) is 8.24 Å². The van der Waals surface area contributed by atoms with Gasteiger partial charge < -0.3 is 15.8 Å². The fourth-order valence-electron chi connectivity index (χ4n) is 1.27. The molecule has 0 amide bonds. The smallest absolute Gasteiger partial charge is 0.320 e. The summed E-state index contributed by atoms with van der Waals surface area (Å²) in [5, 5.41) is 8.96. The van der Waals surface area contributed by atoms with Gasteiger partial charge in [-0.25, -0.2) is 0 Å². The van der Waals surface area contributed by atoms with Crippen molar-refractivity contribution in [1.29, 1.82) is 0 Å². The highest BCUT2D eigenvalue weighted by Crippen LogP contribution is 2.05. The standard InChI is InChI=1S/C9H22N2O2Si/c1-14(2,3)11-8(9(12)13)6-4-5-7-10/h8,11H,4-7,10H2,1-3H3,(H,12,13)/t8-/m0/s1. The molecule has 14 heavy (non-hydrogen) atoms. The van der Waals surface area contributed by atoms with Crippen LogP contribution in [0.25, 0.3) is 0 Å². The van der Waals surface area contributed by atoms with E-state index >= 15 is 0 Å². The van der Waals surface area contributed by atoms with Gasteiger partial charge in [-0.3, -0.25) is 4.79 Å². The van der Waals surface area contributed by atoms with Gasteiger partial charge in [-0.2, -0.15) is 0 Å². The van der Waals surface area contributed by atoms with E-state index < -0.39 is 20.2 Å². The average molecular weight is 218 g/mol. The van der Waals surface area contributed by atoms with Crippen LogP contribution in [0.5, 0.6) is 0 Å². The van der Waals surface area contributed by atoms with Gasteiger partial charge in [0.2, 0.25) is 0 Å². The van der Waals surface area contributed by atoms with Crippen LogP contribution < -0.4 is 10.7 Å². The number of rotatable bonds is 7. The molecule has 0 aromatic rings. The Morgan fingerprint density at radius 2 is 2.00 bits per heavy atom. The molecule has 0 fully saturated rings. The molecule has 84 valence electrons. The Hall–Kier alpha value is -0.393. The number of hydrogen-bond donors (Lipinski definition) is 3. The first-order valence-electron chi connectivity index (χ1n) is 5.07. The number of hydrogen-bond acceptors (Lipinski definition) is 3. The predicted octanol–water partition coefficient (Wildman–Crippen LogP) is 0.993. The van der Waals surface area contributed by atoms with E-state index in [1.165, 1.54) is 0 Å². The summed E-state index contributed by atoms with van der Waals surface area (Å²) in [6.45, 7) is 6.95. The van der Waals surface area contributed by atoms with Gasteiger partial charge >= 0.3 is 5.97 Å². The minimum absolute atomic E-state index is 0.395. The lowest BCUT2D eigenvalue weighted by molar-refractivity contribution is -0.139. The van der Waals surface area contributed by atoms with Crippen molar-refractivity contribution >= 4 is 14.2 Å². The Bertz CT molecular complexity index is 180. The third-order valence-electron chi connectivity index (χ3n) is 1.85. The molecular weight excluding hydrogens is 196 g/mol. The van der Waals surface area contributed by atoms with E-state index in [1.54, 1.807) is 0 Å². The molecule has 0 spiro atoms. The van der Waals surface area contributed by atoms with E-state index in [-0.39, 0.29) is 0 Å². The van der Waals surface area contributed by atoms with E-state index in [4.69, 9.17) is 10.8 Å². The van der Waals surface area contributed by atoms with Crippen LogP contribution >= 0.6 is 0 Å². The number of aliphatic carboxylic acids is 1. The topological polar surface area (TPSA) is 75.3 Å². The number of carboxylic acids is 1. The molecule has 0 aliphatic carbocycles. The quantitative estimate of drug-likeness (QED) is 0.440. The van der Waals surface area contributed by atoms with Crippen molar-refractivity contribution in [3.05, 3.63) is 0 Å². The van der Waals surface area contributed by atoms with E-state index in [0.29, 0.717) is 13.0 Å². The minimum atomic E-state index is -1.51. The Morgan fingerprint density at radius 3 is 2.36 bits per heavy atom. The number of carboxylic acid groups (broad SMARTS) is 1. The summed E-state index contributed by atoms with van der Waals surface area (Å²) in [5.41, 5.74) is 5.36. The molecule has 0 unspecified atom stereocenters. The number of nitrogens with two attached hydrogens (primary N) is 1. The highest BCUT2D eigenvalue weighted by Gasteiger charge is 2.23. The zero-order chi connectivity index (χ0) is 11.2. The lowest BCUT2D eigenvalue weighted by Gasteiger charge is -2.24. The Kier molecular flexibility index (Phi) is 5.99. The lowest BCUT2D eigenvalue weighted by atomic mass is 10.1. The molecular formula is C9H22N2O2Si. The molecule has 0 bridgehead atoms. The van der Waals surface area contributed by atoms with E-state index in [1.807, 2.05) is 0 Å². The first-order chi connectivity index (χ1) is 6.37. The fraction of sp³-hybridized carbons (Fsp3) is 0.889. The first kappa shape index (κ1) is 13.6. The van der Waals surface area contributed by atoms with Crippen molar-refractivity contribution in [2.75, 3.05) is 6.54 Å². The zero-order valence-corrected chi connectivity index (χ0v) is 10.3. The van der Waals surface area contributed by atoms with Gasteiger partial charge in [0, 0.05) is 0 Å². The molecule has 0 rings (SSSR count). The maximum Gasteiger partial charge on any atom is 0.320 e. The maximum atomic E-state index is 10.9. The molecule has 0 aromatic carbocycles. The fourth-order valence-corrected chi connectivity index (χ4v) is 2.59. The van der Waals surface area contributed by atoms with Gasteiger partial charge in [0.05, 0.1) is 6.04 Å². The summed E-state index contributed by atoms with van der Waals surface area (Å²) in [7, 11) is -1.51. The van der Waals surface area contributed by atoms with Crippen molar-refractivity contribution in [1.82, 2.24) is 4.98 Å². The summed E-state index contributed by atoms with van der Waals surface area (Å²) in [4.78, 5) is 14.1. The summed E-state index contributed by atoms with van der Waals surface area (Å²) in [6.07, 6.45) is 2.46. The normalized spacial score (nSPS) is 14.0. The molecule has 0 saturated carbocycles. The second-order valence-electron chi connectivity index (χ2n) is 4.57. The van der Waals surface area contributed by atoms with Crippen molar-refractivity contribution in [3.63, 3.8) is 0 Å². The van der Waals surface area contributed by atoms with Gasteiger partial charge in [-0.1, -0.05) is 26.1 Å². The van der Waals surface area contributed by atoms with Crippen molar-refractivity contribution < 1.29 is 9.90 Å². The van der Waals surface area contributed by atoms with E-state index in [9.17, 15) is 4.79 Å². The molecule has 0 radical (unpaired) electrons. The summed E-state index contributed by atoms with van der Waals surface area (Å²) in [5.74, 6) is -0.746. The van der Waals surface area contributed by atoms with Crippen LogP contribution in [0.3, 0.4) is 0 Å². The molecule has 0 saturated heterocycles. The Morgan fingerprint density at radius 1 is 1.43 bits per heavy atom. The van der Waals surface area contributed by atoms with Crippen LogP contribution in [-0.4, -0.2) is 31.9 Å². The second-order valence-corrected chi connectivity index (χ2v) is 9.36. The lowest BCUT2D eigenvalue weighted by Crippen LogP contribution is -2.51. The third kappa shape index (κ3) is 7.05. The van der Waals surface area contributed by atoms with Crippen molar-refractivity contribution in [3.8, 4) is 0 Å². The molecule has 0 aliphatic heterocycles. The Labute approximate surface area is 87.0 Å². The van der Waals surface area contributed by atoms with Gasteiger partial charge in [0.25, 0.3) is 0 Å². The molecule has 0 aliphatic rings. The van der Waals surface area contributed by atoms with Crippen LogP contribution in [0, 0.1) is 0 Å². The molecule has 0 aromatic heterocycles. The molecule has 4 N–H and O–H groups in total. The van der Waals surface area contributed by atoms with Crippen LogP contribution in [0.4, 0.5) is 0 Å². The highest BCUT2D eigenvalue weighted by molar-refractivity contribution is 6.73. The number of unbranched alkanes of at least 4 members (excludes halogenated alkanes) is 1. The van der Waals surface area contributed by atoms with Crippen LogP contribution in [0.15, 0.2) is 0 Å². The average Bonchev–Trinajstić information content (AvgIpc) is 2.00. The van der Waals surface area contributed by atoms with Gasteiger partial charge in [-0.15, -0.1) is 0 Å². The largest absolute Gasteiger partial charge is 0.480 e. The van der Waals surface area contributed by atoms with E-state index in [0.717, 1.165) is 12.8 Å². The highest BCUT2D eigenvalue weighted by atomic mass is 28.3. The SMILES string of the molecule is C[Si](C)(C)N[C@@H](CCCCN)C(=O)O. The van der Waals surface area contributed by atoms with Crippen LogP contribution in [0.2, 0.25) is 19.6 Å². The van der Waals surface area contributed by atoms with Crippen molar-refractivity contribution in [2.45, 2.75) is 44.9 Å². The second kappa shape index (κ2) is 6.16. The van der Waals surface area contributed by atoms with E-state index in [2.05, 4.69) is 24.6 Å². The summed E-state index contributed by atoms with van der Waals surface area (Å²) in [6, 6.07) is -0.395. The third-order valence-corrected chi connectivity index (χ3v) is 3.07. The number of nitrogens with one attached hydrogen (secondary N) is 1. The van der Waals surface area contributed by atoms with Gasteiger partial charge in [-0.05, 0) is 19.4 Å².